The molecule has 3 aromatic carbocycles. The number of allylic oxidation sites excluding steroid dienone is 2. The summed E-state index contributed by atoms with van der Waals surface area (Å²) in [7, 11) is 0. The first-order valence-corrected chi connectivity index (χ1v) is 13.1. The normalized spacial score (nSPS) is 11.7. The molecule has 0 aliphatic heterocycles. The molecule has 4 rings (SSSR count). The van der Waals surface area contributed by atoms with E-state index in [2.05, 4.69) is 41.4 Å². The van der Waals surface area contributed by atoms with Crippen LogP contribution in [0.15, 0.2) is 96.9 Å². The van der Waals surface area contributed by atoms with Gasteiger partial charge in [0.15, 0.2) is 5.78 Å². The van der Waals surface area contributed by atoms with Crippen LogP contribution in [-0.4, -0.2) is 15.9 Å². The molecule has 0 fully saturated rings. The molecule has 1 N–H and O–H groups in total. The minimum Gasteiger partial charge on any atom is -0.512 e. The zero-order chi connectivity index (χ0) is 27.8. The zero-order valence-electron chi connectivity index (χ0n) is 23.6. The number of hydrogen-bond donors (Lipinski definition) is 1. The number of para-hydroxylation sites is 1. The average Bonchev–Trinajstić information content (AvgIpc) is 2.94. The summed E-state index contributed by atoms with van der Waals surface area (Å²) in [5.74, 6) is 1.46. The van der Waals surface area contributed by atoms with E-state index in [4.69, 9.17) is 4.74 Å². The Bertz CT molecular complexity index is 1380. The van der Waals surface area contributed by atoms with Crippen LogP contribution in [0.5, 0.6) is 11.6 Å². The number of hydrogen-bond acceptors (Lipinski definition) is 4. The van der Waals surface area contributed by atoms with Crippen LogP contribution in [0.1, 0.15) is 54.4 Å². The summed E-state index contributed by atoms with van der Waals surface area (Å²) in [6, 6.07) is 29.3. The Kier molecular flexibility index (Phi) is 11.6. The van der Waals surface area contributed by atoms with Crippen molar-refractivity contribution >= 4 is 16.6 Å². The first kappa shape index (κ1) is 31.9. The zero-order valence-corrected chi connectivity index (χ0v) is 26.0. The van der Waals surface area contributed by atoms with Gasteiger partial charge in [0, 0.05) is 54.3 Å². The molecule has 1 radical (unpaired) electrons. The fourth-order valence-electron chi connectivity index (χ4n) is 3.46. The topological polar surface area (TPSA) is 59.4 Å². The Labute approximate surface area is 246 Å². The van der Waals surface area contributed by atoms with E-state index in [0.29, 0.717) is 11.6 Å². The van der Waals surface area contributed by atoms with Crippen molar-refractivity contribution in [2.45, 2.75) is 54.4 Å². The van der Waals surface area contributed by atoms with Gasteiger partial charge in [-0.25, -0.2) is 4.98 Å². The van der Waals surface area contributed by atoms with Crippen molar-refractivity contribution in [3.63, 3.8) is 0 Å². The van der Waals surface area contributed by atoms with Gasteiger partial charge in [-0.3, -0.25) is 4.79 Å². The molecule has 4 aromatic rings. The average molecular weight is 701 g/mol. The minimum absolute atomic E-state index is 0. The van der Waals surface area contributed by atoms with Crippen LogP contribution in [0.3, 0.4) is 0 Å². The maximum absolute atomic E-state index is 11.8. The summed E-state index contributed by atoms with van der Waals surface area (Å²) < 4.78 is 5.87. The predicted molar refractivity (Wildman–Crippen MR) is 156 cm³/mol. The van der Waals surface area contributed by atoms with Crippen molar-refractivity contribution in [1.82, 2.24) is 4.98 Å². The van der Waals surface area contributed by atoms with Gasteiger partial charge in [-0.05, 0) is 47.6 Å². The Morgan fingerprint density at radius 3 is 2.18 bits per heavy atom. The molecule has 0 unspecified atom stereocenters. The molecule has 0 aliphatic rings. The van der Waals surface area contributed by atoms with Crippen LogP contribution < -0.4 is 4.74 Å². The molecule has 4 nitrogen and oxygen atoms in total. The summed E-state index contributed by atoms with van der Waals surface area (Å²) in [4.78, 5) is 16.2. The second-order valence-electron chi connectivity index (χ2n) is 10.6. The molecular weight excluding hydrogens is 663 g/mol. The molecular formula is C34H38IrNO3-. The fraction of sp³-hybridized carbons (Fsp3) is 0.294. The third-order valence-corrected chi connectivity index (χ3v) is 7.12. The Hall–Kier alpha value is -3.27. The first-order chi connectivity index (χ1) is 18.1. The van der Waals surface area contributed by atoms with E-state index in [1.54, 1.807) is 6.20 Å². The standard InChI is InChI=1S/C21H14NO.C13H24O2.Ir/c1-3-7-16(8-4-1)17-11-12-20-18(15-17)13-14-22-21(20)23-19-9-5-2-6-10-19;1-7-12(3,4)10(14)9-11(15)13(5,6)8-2;/h1-9,11-15H;9,14H,7-8H2,1-6H3;/q-1;;/b;10-9-;. The molecule has 0 atom stereocenters. The quantitative estimate of drug-likeness (QED) is 0.113. The van der Waals surface area contributed by atoms with Crippen molar-refractivity contribution < 1.29 is 34.7 Å². The van der Waals surface area contributed by atoms with E-state index in [-0.39, 0.29) is 42.5 Å². The summed E-state index contributed by atoms with van der Waals surface area (Å²) in [5.41, 5.74) is 1.70. The number of aliphatic hydroxyl groups excluding tert-OH is 1. The minimum atomic E-state index is -0.377. The summed E-state index contributed by atoms with van der Waals surface area (Å²) in [5, 5.41) is 11.9. The Balaban J connectivity index is 0.000000294. The number of carbonyl (C=O) groups is 1. The van der Waals surface area contributed by atoms with E-state index in [1.165, 1.54) is 17.2 Å². The molecule has 0 saturated carbocycles. The molecule has 1 aromatic heterocycles. The fourth-order valence-corrected chi connectivity index (χ4v) is 3.46. The van der Waals surface area contributed by atoms with E-state index in [1.807, 2.05) is 90.1 Å². The van der Waals surface area contributed by atoms with Crippen molar-refractivity contribution in [3.8, 4) is 22.8 Å². The van der Waals surface area contributed by atoms with Crippen molar-refractivity contribution in [3.05, 3.63) is 103 Å². The molecule has 5 heteroatoms. The number of ketones is 1. The Morgan fingerprint density at radius 2 is 1.56 bits per heavy atom. The Morgan fingerprint density at radius 1 is 0.897 bits per heavy atom. The molecule has 1 heterocycles. The van der Waals surface area contributed by atoms with Gasteiger partial charge in [0.1, 0.15) is 5.76 Å². The van der Waals surface area contributed by atoms with Gasteiger partial charge in [0.2, 0.25) is 5.88 Å². The molecule has 207 valence electrons. The van der Waals surface area contributed by atoms with Gasteiger partial charge in [-0.15, -0.1) is 12.1 Å². The van der Waals surface area contributed by atoms with E-state index >= 15 is 0 Å². The summed E-state index contributed by atoms with van der Waals surface area (Å²) >= 11 is 0. The number of benzene rings is 3. The number of rotatable bonds is 8. The monoisotopic (exact) mass is 701 g/mol. The molecule has 0 aliphatic carbocycles. The van der Waals surface area contributed by atoms with Crippen molar-refractivity contribution in [2.75, 3.05) is 0 Å². The van der Waals surface area contributed by atoms with Gasteiger partial charge in [-0.2, -0.15) is 18.2 Å². The number of pyridine rings is 1. The van der Waals surface area contributed by atoms with Gasteiger partial charge in [0.25, 0.3) is 0 Å². The summed E-state index contributed by atoms with van der Waals surface area (Å²) in [6.45, 7) is 11.7. The van der Waals surface area contributed by atoms with E-state index < -0.39 is 0 Å². The molecule has 0 spiro atoms. The van der Waals surface area contributed by atoms with Crippen molar-refractivity contribution in [1.29, 1.82) is 0 Å². The number of carbonyl (C=O) groups excluding carboxylic acids is 1. The van der Waals surface area contributed by atoms with Gasteiger partial charge in [-0.1, -0.05) is 77.9 Å². The largest absolute Gasteiger partial charge is 0.512 e. The van der Waals surface area contributed by atoms with Crippen LogP contribution in [0.4, 0.5) is 0 Å². The molecule has 0 amide bonds. The second kappa shape index (κ2) is 14.2. The maximum atomic E-state index is 11.8. The third-order valence-electron chi connectivity index (χ3n) is 7.12. The number of fused-ring (bicyclic) bond motifs is 1. The van der Waals surface area contributed by atoms with Gasteiger partial charge >= 0.3 is 0 Å². The smallest absolute Gasteiger partial charge is 0.224 e. The molecule has 39 heavy (non-hydrogen) atoms. The molecule has 0 bridgehead atoms. The van der Waals surface area contributed by atoms with Gasteiger partial charge < -0.3 is 9.84 Å². The molecule has 0 saturated heterocycles. The van der Waals surface area contributed by atoms with E-state index in [0.717, 1.165) is 23.6 Å². The number of ether oxygens (including phenoxy) is 1. The van der Waals surface area contributed by atoms with Crippen molar-refractivity contribution in [2.24, 2.45) is 10.8 Å². The number of aromatic nitrogens is 1. The van der Waals surface area contributed by atoms with Crippen LogP contribution in [0, 0.1) is 16.9 Å². The summed E-state index contributed by atoms with van der Waals surface area (Å²) in [6.07, 6.45) is 4.76. The van der Waals surface area contributed by atoms with Crippen LogP contribution in [0.25, 0.3) is 21.9 Å². The second-order valence-corrected chi connectivity index (χ2v) is 10.6. The van der Waals surface area contributed by atoms with Gasteiger partial charge in [0.05, 0.1) is 0 Å². The first-order valence-electron chi connectivity index (χ1n) is 13.1. The van der Waals surface area contributed by atoms with E-state index in [9.17, 15) is 9.90 Å². The van der Waals surface area contributed by atoms with Crippen LogP contribution in [0.2, 0.25) is 0 Å². The number of aliphatic hydroxyl groups is 1. The maximum Gasteiger partial charge on any atom is 0.224 e. The van der Waals surface area contributed by atoms with Crippen LogP contribution in [-0.2, 0) is 24.9 Å². The predicted octanol–water partition coefficient (Wildman–Crippen LogP) is 9.36. The SMILES string of the molecule is CCC(C)(C)C(=O)/C=C(\O)C(C)(C)CC.[Ir].[c-]1ccccc1Oc1nccc2cc(-c3ccccc3)ccc12. The third kappa shape index (κ3) is 8.61. The van der Waals surface area contributed by atoms with Crippen LogP contribution >= 0.6 is 0 Å². The number of nitrogens with zero attached hydrogens (tertiary/aromatic N) is 1.